The van der Waals surface area contributed by atoms with E-state index in [1.165, 1.54) is 0 Å². The van der Waals surface area contributed by atoms with E-state index in [1.54, 1.807) is 15.7 Å². The lowest BCUT2D eigenvalue weighted by Gasteiger charge is -2.02. The van der Waals surface area contributed by atoms with Crippen molar-refractivity contribution in [2.24, 2.45) is 0 Å². The van der Waals surface area contributed by atoms with Gasteiger partial charge in [0.25, 0.3) is 5.56 Å². The van der Waals surface area contributed by atoms with Crippen LogP contribution in [0, 0.1) is 6.92 Å². The molecule has 0 aliphatic rings. The van der Waals surface area contributed by atoms with Crippen LogP contribution in [0.25, 0.3) is 16.0 Å². The molecule has 0 aliphatic carbocycles. The normalized spacial score (nSPS) is 10.9. The molecular formula is C14H11NOS. The van der Waals surface area contributed by atoms with Crippen LogP contribution in [0.2, 0.25) is 0 Å². The summed E-state index contributed by atoms with van der Waals surface area (Å²) >= 11 is 1.59. The molecule has 0 atom stereocenters. The average molecular weight is 241 g/mol. The van der Waals surface area contributed by atoms with Crippen LogP contribution in [0.5, 0.6) is 0 Å². The zero-order chi connectivity index (χ0) is 11.8. The monoisotopic (exact) mass is 241 g/mol. The number of benzene rings is 1. The third-order valence-corrected chi connectivity index (χ3v) is 3.85. The van der Waals surface area contributed by atoms with E-state index in [0.717, 1.165) is 21.7 Å². The van der Waals surface area contributed by atoms with Crippen molar-refractivity contribution in [1.29, 1.82) is 0 Å². The van der Waals surface area contributed by atoms with Crippen molar-refractivity contribution >= 4 is 16.2 Å². The van der Waals surface area contributed by atoms with Gasteiger partial charge in [-0.2, -0.15) is 0 Å². The summed E-state index contributed by atoms with van der Waals surface area (Å²) in [5, 5.41) is 2.01. The molecule has 0 unspecified atom stereocenters. The maximum atomic E-state index is 12.4. The number of rotatable bonds is 1. The molecule has 0 saturated heterocycles. The molecule has 3 heteroatoms. The second-order valence-corrected chi connectivity index (χ2v) is 4.86. The number of hydrogen-bond acceptors (Lipinski definition) is 2. The number of nitrogens with zero attached hydrogens (tertiary/aromatic N) is 1. The number of fused-ring (bicyclic) bond motifs is 1. The Bertz CT molecular complexity index is 725. The Balaban J connectivity index is 2.36. The number of aromatic nitrogens is 1. The molecule has 0 saturated carbocycles. The van der Waals surface area contributed by atoms with Gasteiger partial charge in [0, 0.05) is 16.6 Å². The van der Waals surface area contributed by atoms with Gasteiger partial charge in [-0.3, -0.25) is 9.20 Å². The zero-order valence-electron chi connectivity index (χ0n) is 9.38. The van der Waals surface area contributed by atoms with Crippen LogP contribution in [0.1, 0.15) is 5.69 Å². The highest BCUT2D eigenvalue weighted by Gasteiger charge is 2.08. The van der Waals surface area contributed by atoms with E-state index in [4.69, 9.17) is 0 Å². The molecule has 0 N–H and O–H groups in total. The molecular weight excluding hydrogens is 230 g/mol. The Labute approximate surface area is 103 Å². The SMILES string of the molecule is Cc1csc2ccc(-c3ccccc3)c(=O)n12. The van der Waals surface area contributed by atoms with Crippen LogP contribution in [0.3, 0.4) is 0 Å². The molecule has 3 rings (SSSR count). The zero-order valence-corrected chi connectivity index (χ0v) is 10.2. The summed E-state index contributed by atoms with van der Waals surface area (Å²) < 4.78 is 1.77. The van der Waals surface area contributed by atoms with Crippen molar-refractivity contribution in [2.45, 2.75) is 6.92 Å². The van der Waals surface area contributed by atoms with Crippen molar-refractivity contribution in [1.82, 2.24) is 4.40 Å². The lowest BCUT2D eigenvalue weighted by Crippen LogP contribution is -2.15. The van der Waals surface area contributed by atoms with Gasteiger partial charge in [-0.1, -0.05) is 30.3 Å². The molecule has 0 radical (unpaired) electrons. The van der Waals surface area contributed by atoms with Gasteiger partial charge in [0.15, 0.2) is 0 Å². The summed E-state index contributed by atoms with van der Waals surface area (Å²) in [6.45, 7) is 1.96. The molecule has 0 amide bonds. The van der Waals surface area contributed by atoms with Crippen LogP contribution in [-0.2, 0) is 0 Å². The Kier molecular flexibility index (Phi) is 2.34. The number of thiazole rings is 1. The largest absolute Gasteiger partial charge is 0.271 e. The van der Waals surface area contributed by atoms with E-state index in [1.807, 2.05) is 54.8 Å². The van der Waals surface area contributed by atoms with Crippen LogP contribution in [0.15, 0.2) is 52.6 Å². The van der Waals surface area contributed by atoms with Crippen molar-refractivity contribution in [3.05, 3.63) is 63.9 Å². The molecule has 2 heterocycles. The summed E-state index contributed by atoms with van der Waals surface area (Å²) in [6.07, 6.45) is 0. The maximum Gasteiger partial charge on any atom is 0.263 e. The first kappa shape index (κ1) is 10.3. The van der Waals surface area contributed by atoms with Gasteiger partial charge in [-0.05, 0) is 24.6 Å². The highest BCUT2D eigenvalue weighted by molar-refractivity contribution is 7.15. The van der Waals surface area contributed by atoms with Crippen LogP contribution in [0.4, 0.5) is 0 Å². The first-order valence-electron chi connectivity index (χ1n) is 5.42. The Morgan fingerprint density at radius 2 is 1.82 bits per heavy atom. The molecule has 0 bridgehead atoms. The molecule has 1 aromatic carbocycles. The molecule has 2 nitrogen and oxygen atoms in total. The standard InChI is InChI=1S/C14H11NOS/c1-10-9-17-13-8-7-12(14(16)15(10)13)11-5-3-2-4-6-11/h2-9H,1H3. The van der Waals surface area contributed by atoms with Crippen molar-refractivity contribution in [2.75, 3.05) is 0 Å². The van der Waals surface area contributed by atoms with Gasteiger partial charge < -0.3 is 0 Å². The van der Waals surface area contributed by atoms with Gasteiger partial charge in [0.05, 0.1) is 0 Å². The highest BCUT2D eigenvalue weighted by Crippen LogP contribution is 2.19. The Hall–Kier alpha value is -1.87. The van der Waals surface area contributed by atoms with Gasteiger partial charge in [-0.15, -0.1) is 11.3 Å². The third-order valence-electron chi connectivity index (χ3n) is 2.83. The smallest absolute Gasteiger partial charge is 0.263 e. The topological polar surface area (TPSA) is 21.5 Å². The van der Waals surface area contributed by atoms with E-state index in [2.05, 4.69) is 0 Å². The first-order chi connectivity index (χ1) is 8.27. The van der Waals surface area contributed by atoms with Crippen LogP contribution >= 0.6 is 11.3 Å². The molecule has 0 aliphatic heterocycles. The minimum Gasteiger partial charge on any atom is -0.271 e. The van der Waals surface area contributed by atoms with E-state index in [0.29, 0.717) is 0 Å². The molecule has 17 heavy (non-hydrogen) atoms. The van der Waals surface area contributed by atoms with E-state index in [9.17, 15) is 4.79 Å². The predicted molar refractivity (Wildman–Crippen MR) is 71.7 cm³/mol. The van der Waals surface area contributed by atoms with Crippen molar-refractivity contribution in [3.8, 4) is 11.1 Å². The van der Waals surface area contributed by atoms with Crippen molar-refractivity contribution in [3.63, 3.8) is 0 Å². The molecule has 0 spiro atoms. The summed E-state index contributed by atoms with van der Waals surface area (Å²) in [5.74, 6) is 0. The van der Waals surface area contributed by atoms with Gasteiger partial charge in [-0.25, -0.2) is 0 Å². The average Bonchev–Trinajstić information content (AvgIpc) is 2.73. The number of hydrogen-bond donors (Lipinski definition) is 0. The highest BCUT2D eigenvalue weighted by atomic mass is 32.1. The molecule has 2 aromatic heterocycles. The number of aryl methyl sites for hydroxylation is 1. The number of pyridine rings is 1. The molecule has 84 valence electrons. The lowest BCUT2D eigenvalue weighted by atomic mass is 10.1. The van der Waals surface area contributed by atoms with Crippen LogP contribution < -0.4 is 5.56 Å². The summed E-state index contributed by atoms with van der Waals surface area (Å²) in [7, 11) is 0. The Morgan fingerprint density at radius 3 is 2.59 bits per heavy atom. The minimum atomic E-state index is 0.0625. The maximum absolute atomic E-state index is 12.4. The second-order valence-electron chi connectivity index (χ2n) is 3.97. The minimum absolute atomic E-state index is 0.0625. The van der Waals surface area contributed by atoms with Gasteiger partial charge in [0.2, 0.25) is 0 Å². The lowest BCUT2D eigenvalue weighted by molar-refractivity contribution is 1.06. The van der Waals surface area contributed by atoms with Gasteiger partial charge in [0.1, 0.15) is 4.83 Å². The molecule has 3 aromatic rings. The van der Waals surface area contributed by atoms with Crippen LogP contribution in [-0.4, -0.2) is 4.40 Å². The fraction of sp³-hybridized carbons (Fsp3) is 0.0714. The van der Waals surface area contributed by atoms with Gasteiger partial charge >= 0.3 is 0 Å². The fourth-order valence-electron chi connectivity index (χ4n) is 1.98. The van der Waals surface area contributed by atoms with Crippen molar-refractivity contribution < 1.29 is 0 Å². The summed E-state index contributed by atoms with van der Waals surface area (Å²) in [6, 6.07) is 13.7. The second kappa shape index (κ2) is 3.86. The van der Waals surface area contributed by atoms with E-state index < -0.39 is 0 Å². The van der Waals surface area contributed by atoms with E-state index in [-0.39, 0.29) is 5.56 Å². The third kappa shape index (κ3) is 1.59. The Morgan fingerprint density at radius 1 is 1.06 bits per heavy atom. The van der Waals surface area contributed by atoms with E-state index >= 15 is 0 Å². The fourth-order valence-corrected chi connectivity index (χ4v) is 2.86. The quantitative estimate of drug-likeness (QED) is 0.640. The summed E-state index contributed by atoms with van der Waals surface area (Å²) in [5.41, 5.74) is 2.78. The predicted octanol–water partition coefficient (Wildman–Crippen LogP) is 3.34. The summed E-state index contributed by atoms with van der Waals surface area (Å²) in [4.78, 5) is 13.4. The molecule has 0 fully saturated rings. The first-order valence-corrected chi connectivity index (χ1v) is 6.30.